The molecule has 2 rings (SSSR count). The zero-order valence-electron chi connectivity index (χ0n) is 10.2. The second-order valence-electron chi connectivity index (χ2n) is 5.24. The third-order valence-corrected chi connectivity index (χ3v) is 3.57. The van der Waals surface area contributed by atoms with Gasteiger partial charge in [-0.15, -0.1) is 0 Å². The fourth-order valence-electron chi connectivity index (χ4n) is 2.36. The van der Waals surface area contributed by atoms with Crippen molar-refractivity contribution in [1.29, 1.82) is 0 Å². The van der Waals surface area contributed by atoms with E-state index in [4.69, 9.17) is 10.5 Å². The highest BCUT2D eigenvalue weighted by Gasteiger charge is 2.27. The van der Waals surface area contributed by atoms with Gasteiger partial charge >= 0.3 is 0 Å². The molecule has 1 aliphatic rings. The molecule has 2 nitrogen and oxygen atoms in total. The number of nitrogens with two attached hydrogens (primary N) is 1. The molecule has 1 heterocycles. The van der Waals surface area contributed by atoms with Crippen molar-refractivity contribution in [3.8, 4) is 0 Å². The lowest BCUT2D eigenvalue weighted by Gasteiger charge is -2.27. The highest BCUT2D eigenvalue weighted by atomic mass is 16.5. The van der Waals surface area contributed by atoms with Crippen molar-refractivity contribution in [3.63, 3.8) is 0 Å². The largest absolute Gasteiger partial charge is 0.381 e. The number of hydrogen-bond donors (Lipinski definition) is 1. The van der Waals surface area contributed by atoms with Crippen LogP contribution >= 0.6 is 0 Å². The van der Waals surface area contributed by atoms with Crippen LogP contribution in [0.15, 0.2) is 24.3 Å². The van der Waals surface area contributed by atoms with Crippen molar-refractivity contribution in [3.05, 3.63) is 35.4 Å². The average Bonchev–Trinajstić information content (AvgIpc) is 2.82. The topological polar surface area (TPSA) is 35.2 Å². The minimum atomic E-state index is 0.0547. The van der Waals surface area contributed by atoms with E-state index in [1.807, 2.05) is 0 Å². The molecule has 0 amide bonds. The number of rotatable bonds is 3. The molecule has 1 aromatic rings. The number of benzene rings is 1. The van der Waals surface area contributed by atoms with E-state index in [-0.39, 0.29) is 5.41 Å². The van der Waals surface area contributed by atoms with Crippen LogP contribution in [0, 0.1) is 0 Å². The smallest absolute Gasteiger partial charge is 0.0535 e. The Hall–Kier alpha value is -0.860. The Labute approximate surface area is 97.8 Å². The van der Waals surface area contributed by atoms with Gasteiger partial charge in [-0.25, -0.2) is 0 Å². The number of ether oxygens (including phenoxy) is 1. The first kappa shape index (κ1) is 11.6. The molecule has 1 fully saturated rings. The molecule has 1 unspecified atom stereocenters. The van der Waals surface area contributed by atoms with Gasteiger partial charge in [-0.05, 0) is 17.5 Å². The summed E-state index contributed by atoms with van der Waals surface area (Å²) in [6.07, 6.45) is 1.14. The van der Waals surface area contributed by atoms with Crippen LogP contribution in [0.4, 0.5) is 0 Å². The monoisotopic (exact) mass is 219 g/mol. The lowest BCUT2D eigenvalue weighted by molar-refractivity contribution is 0.193. The summed E-state index contributed by atoms with van der Waals surface area (Å²) in [4.78, 5) is 0. The first-order valence-corrected chi connectivity index (χ1v) is 6.02. The highest BCUT2D eigenvalue weighted by Crippen LogP contribution is 2.33. The summed E-state index contributed by atoms with van der Waals surface area (Å²) in [5.41, 5.74) is 8.74. The molecule has 1 aliphatic heterocycles. The second kappa shape index (κ2) is 4.56. The summed E-state index contributed by atoms with van der Waals surface area (Å²) >= 11 is 0. The normalized spacial score (nSPS) is 21.3. The second-order valence-corrected chi connectivity index (χ2v) is 5.24. The fourth-order valence-corrected chi connectivity index (χ4v) is 2.36. The predicted octanol–water partition coefficient (Wildman–Crippen LogP) is 2.43. The van der Waals surface area contributed by atoms with Crippen molar-refractivity contribution >= 4 is 0 Å². The first-order valence-electron chi connectivity index (χ1n) is 6.02. The Morgan fingerprint density at radius 3 is 2.75 bits per heavy atom. The molecular weight excluding hydrogens is 198 g/mol. The van der Waals surface area contributed by atoms with E-state index < -0.39 is 0 Å². The van der Waals surface area contributed by atoms with Gasteiger partial charge in [0.05, 0.1) is 6.61 Å². The standard InChI is InChI=1S/C14H21NO/c1-14(2,10-15)13-6-4-3-5-12(13)11-7-8-16-9-11/h3-6,11H,7-10,15H2,1-2H3. The molecule has 0 spiro atoms. The summed E-state index contributed by atoms with van der Waals surface area (Å²) in [5, 5.41) is 0. The van der Waals surface area contributed by atoms with Gasteiger partial charge in [0.2, 0.25) is 0 Å². The molecule has 16 heavy (non-hydrogen) atoms. The summed E-state index contributed by atoms with van der Waals surface area (Å²) in [5.74, 6) is 0.557. The van der Waals surface area contributed by atoms with Gasteiger partial charge in [-0.2, -0.15) is 0 Å². The molecule has 0 bridgehead atoms. The Morgan fingerprint density at radius 1 is 1.38 bits per heavy atom. The maximum Gasteiger partial charge on any atom is 0.0535 e. The van der Waals surface area contributed by atoms with E-state index in [0.717, 1.165) is 19.6 Å². The van der Waals surface area contributed by atoms with Gasteiger partial charge in [0.15, 0.2) is 0 Å². The predicted molar refractivity (Wildman–Crippen MR) is 66.7 cm³/mol. The van der Waals surface area contributed by atoms with Crippen LogP contribution in [0.1, 0.15) is 37.3 Å². The van der Waals surface area contributed by atoms with Crippen LogP contribution in [-0.2, 0) is 10.2 Å². The minimum absolute atomic E-state index is 0.0547. The van der Waals surface area contributed by atoms with E-state index in [1.165, 1.54) is 11.1 Å². The zero-order valence-corrected chi connectivity index (χ0v) is 10.2. The maximum atomic E-state index is 5.87. The van der Waals surface area contributed by atoms with Crippen molar-refractivity contribution in [2.45, 2.75) is 31.6 Å². The minimum Gasteiger partial charge on any atom is -0.381 e. The zero-order chi connectivity index (χ0) is 11.6. The molecule has 1 saturated heterocycles. The SMILES string of the molecule is CC(C)(CN)c1ccccc1C1CCOC1. The summed E-state index contributed by atoms with van der Waals surface area (Å²) in [6, 6.07) is 8.66. The molecule has 88 valence electrons. The summed E-state index contributed by atoms with van der Waals surface area (Å²) in [6.45, 7) is 6.85. The third kappa shape index (κ3) is 2.13. The van der Waals surface area contributed by atoms with Crippen LogP contribution in [0.2, 0.25) is 0 Å². The van der Waals surface area contributed by atoms with Gasteiger partial charge in [0, 0.05) is 24.5 Å². The number of hydrogen-bond acceptors (Lipinski definition) is 2. The molecular formula is C14H21NO. The maximum absolute atomic E-state index is 5.87. The van der Waals surface area contributed by atoms with Crippen molar-refractivity contribution in [2.75, 3.05) is 19.8 Å². The molecule has 0 radical (unpaired) electrons. The van der Waals surface area contributed by atoms with Gasteiger partial charge in [-0.1, -0.05) is 38.1 Å². The van der Waals surface area contributed by atoms with Crippen LogP contribution in [-0.4, -0.2) is 19.8 Å². The van der Waals surface area contributed by atoms with Crippen molar-refractivity contribution in [1.82, 2.24) is 0 Å². The molecule has 1 atom stereocenters. The van der Waals surface area contributed by atoms with E-state index in [2.05, 4.69) is 38.1 Å². The molecule has 0 saturated carbocycles. The molecule has 0 aromatic heterocycles. The third-order valence-electron chi connectivity index (χ3n) is 3.57. The van der Waals surface area contributed by atoms with Crippen molar-refractivity contribution < 1.29 is 4.74 Å². The van der Waals surface area contributed by atoms with Crippen LogP contribution < -0.4 is 5.73 Å². The summed E-state index contributed by atoms with van der Waals surface area (Å²) in [7, 11) is 0. The average molecular weight is 219 g/mol. The Bertz CT molecular complexity index is 354. The van der Waals surface area contributed by atoms with Gasteiger partial charge in [0.25, 0.3) is 0 Å². The van der Waals surface area contributed by atoms with Crippen LogP contribution in [0.5, 0.6) is 0 Å². The molecule has 0 aliphatic carbocycles. The van der Waals surface area contributed by atoms with E-state index in [1.54, 1.807) is 0 Å². The molecule has 1 aromatic carbocycles. The van der Waals surface area contributed by atoms with E-state index in [0.29, 0.717) is 12.5 Å². The van der Waals surface area contributed by atoms with E-state index >= 15 is 0 Å². The lowest BCUT2D eigenvalue weighted by Crippen LogP contribution is -2.29. The van der Waals surface area contributed by atoms with Gasteiger partial charge in [-0.3, -0.25) is 0 Å². The lowest BCUT2D eigenvalue weighted by atomic mass is 9.78. The Morgan fingerprint density at radius 2 is 2.12 bits per heavy atom. The Kier molecular flexibility index (Phi) is 3.31. The van der Waals surface area contributed by atoms with Crippen LogP contribution in [0.25, 0.3) is 0 Å². The van der Waals surface area contributed by atoms with E-state index in [9.17, 15) is 0 Å². The first-order chi connectivity index (χ1) is 7.65. The van der Waals surface area contributed by atoms with Crippen molar-refractivity contribution in [2.24, 2.45) is 5.73 Å². The van der Waals surface area contributed by atoms with Crippen LogP contribution in [0.3, 0.4) is 0 Å². The summed E-state index contributed by atoms with van der Waals surface area (Å²) < 4.78 is 5.48. The fraction of sp³-hybridized carbons (Fsp3) is 0.571. The highest BCUT2D eigenvalue weighted by molar-refractivity contribution is 5.36. The molecule has 2 N–H and O–H groups in total. The quantitative estimate of drug-likeness (QED) is 0.847. The van der Waals surface area contributed by atoms with Gasteiger partial charge in [0.1, 0.15) is 0 Å². The van der Waals surface area contributed by atoms with Gasteiger partial charge < -0.3 is 10.5 Å². The Balaban J connectivity index is 2.37. The molecule has 2 heteroatoms.